The Morgan fingerprint density at radius 1 is 1.00 bits per heavy atom. The van der Waals surface area contributed by atoms with Gasteiger partial charge in [-0.2, -0.15) is 0 Å². The summed E-state index contributed by atoms with van der Waals surface area (Å²) >= 11 is 0. The number of aryl methyl sites for hydroxylation is 1. The second kappa shape index (κ2) is 10.0. The lowest BCUT2D eigenvalue weighted by Gasteiger charge is -2.33. The predicted octanol–water partition coefficient (Wildman–Crippen LogP) is 4.42. The molecule has 2 fully saturated rings. The molecule has 0 atom stereocenters. The Morgan fingerprint density at radius 3 is 2.43 bits per heavy atom. The molecule has 184 valence electrons. The SMILES string of the molecule is CNc1ccc2oc(C(=O)Nc3ccc(C)cn3)c(NC(=O)C3CCC(N4CCCC4)CC3)c2n1. The number of carbonyl (C=O) groups is 2. The first-order valence-electron chi connectivity index (χ1n) is 12.4. The van der Waals surface area contributed by atoms with Crippen molar-refractivity contribution in [3.8, 4) is 0 Å². The van der Waals surface area contributed by atoms with Gasteiger partial charge in [-0.3, -0.25) is 9.59 Å². The van der Waals surface area contributed by atoms with Gasteiger partial charge in [-0.1, -0.05) is 6.07 Å². The van der Waals surface area contributed by atoms with Crippen LogP contribution in [0.5, 0.6) is 0 Å². The molecule has 3 aromatic rings. The minimum atomic E-state index is -0.488. The summed E-state index contributed by atoms with van der Waals surface area (Å²) in [5, 5.41) is 8.76. The molecule has 1 aliphatic carbocycles. The second-order valence-corrected chi connectivity index (χ2v) is 9.51. The summed E-state index contributed by atoms with van der Waals surface area (Å²) in [4.78, 5) is 37.8. The smallest absolute Gasteiger partial charge is 0.294 e. The van der Waals surface area contributed by atoms with Gasteiger partial charge in [0, 0.05) is 25.2 Å². The highest BCUT2D eigenvalue weighted by atomic mass is 16.3. The molecule has 1 saturated heterocycles. The maximum atomic E-state index is 13.3. The molecule has 1 aliphatic heterocycles. The molecule has 4 heterocycles. The van der Waals surface area contributed by atoms with Crippen molar-refractivity contribution in [1.29, 1.82) is 0 Å². The maximum Gasteiger partial charge on any atom is 0.294 e. The molecular formula is C26H32N6O3. The summed E-state index contributed by atoms with van der Waals surface area (Å²) in [7, 11) is 1.77. The van der Waals surface area contributed by atoms with Gasteiger partial charge in [0.25, 0.3) is 5.91 Å². The molecule has 35 heavy (non-hydrogen) atoms. The monoisotopic (exact) mass is 476 g/mol. The molecule has 2 amide bonds. The third-order valence-electron chi connectivity index (χ3n) is 7.12. The second-order valence-electron chi connectivity index (χ2n) is 9.51. The maximum absolute atomic E-state index is 13.3. The topological polar surface area (TPSA) is 112 Å². The standard InChI is InChI=1S/C26H32N6O3/c1-16-5-11-21(28-15-16)30-26(34)24-23(22-19(35-24)10-12-20(27-2)29-22)31-25(33)17-6-8-18(9-7-17)32-13-3-4-14-32/h5,10-12,15,17-18H,3-4,6-9,13-14H2,1-2H3,(H,27,29)(H,31,33)(H,28,30,34). The minimum Gasteiger partial charge on any atom is -0.447 e. The van der Waals surface area contributed by atoms with Gasteiger partial charge < -0.3 is 25.3 Å². The van der Waals surface area contributed by atoms with Crippen molar-refractivity contribution in [1.82, 2.24) is 14.9 Å². The number of aromatic nitrogens is 2. The highest BCUT2D eigenvalue weighted by molar-refractivity contribution is 6.13. The van der Waals surface area contributed by atoms with Gasteiger partial charge in [0.2, 0.25) is 11.7 Å². The van der Waals surface area contributed by atoms with Crippen LogP contribution in [0.25, 0.3) is 11.1 Å². The first-order chi connectivity index (χ1) is 17.0. The van der Waals surface area contributed by atoms with Crippen LogP contribution in [0.15, 0.2) is 34.9 Å². The number of hydrogen-bond acceptors (Lipinski definition) is 7. The van der Waals surface area contributed by atoms with E-state index in [1.54, 1.807) is 31.4 Å². The van der Waals surface area contributed by atoms with Crippen molar-refractivity contribution in [3.63, 3.8) is 0 Å². The number of fused-ring (bicyclic) bond motifs is 1. The lowest BCUT2D eigenvalue weighted by Crippen LogP contribution is -2.38. The molecule has 1 saturated carbocycles. The highest BCUT2D eigenvalue weighted by Crippen LogP contribution is 2.34. The zero-order chi connectivity index (χ0) is 24.4. The molecule has 5 rings (SSSR count). The number of hydrogen-bond donors (Lipinski definition) is 3. The molecule has 0 bridgehead atoms. The quantitative estimate of drug-likeness (QED) is 0.483. The van der Waals surface area contributed by atoms with Crippen LogP contribution in [0.1, 0.15) is 54.6 Å². The van der Waals surface area contributed by atoms with E-state index >= 15 is 0 Å². The van der Waals surface area contributed by atoms with Crippen LogP contribution in [0, 0.1) is 12.8 Å². The average molecular weight is 477 g/mol. The van der Waals surface area contributed by atoms with Crippen LogP contribution in [0.4, 0.5) is 17.3 Å². The van der Waals surface area contributed by atoms with Gasteiger partial charge in [-0.05, 0) is 82.3 Å². The molecular weight excluding hydrogens is 444 g/mol. The zero-order valence-corrected chi connectivity index (χ0v) is 20.3. The van der Waals surface area contributed by atoms with Gasteiger partial charge in [-0.15, -0.1) is 0 Å². The van der Waals surface area contributed by atoms with Crippen molar-refractivity contribution < 1.29 is 14.0 Å². The number of nitrogens with zero attached hydrogens (tertiary/aromatic N) is 3. The fourth-order valence-corrected chi connectivity index (χ4v) is 5.14. The number of furan rings is 1. The summed E-state index contributed by atoms with van der Waals surface area (Å²) in [6.45, 7) is 4.28. The summed E-state index contributed by atoms with van der Waals surface area (Å²) in [6, 6.07) is 7.68. The molecule has 3 N–H and O–H groups in total. The fraction of sp³-hybridized carbons (Fsp3) is 0.462. The number of rotatable bonds is 6. The Hall–Kier alpha value is -3.46. The van der Waals surface area contributed by atoms with Gasteiger partial charge in [0.1, 0.15) is 22.8 Å². The first-order valence-corrected chi connectivity index (χ1v) is 12.4. The number of likely N-dealkylation sites (tertiary alicyclic amines) is 1. The Morgan fingerprint density at radius 2 is 1.74 bits per heavy atom. The van der Waals surface area contributed by atoms with Crippen molar-refractivity contribution >= 4 is 40.2 Å². The van der Waals surface area contributed by atoms with E-state index < -0.39 is 5.91 Å². The van der Waals surface area contributed by atoms with Crippen LogP contribution in [0.2, 0.25) is 0 Å². The number of anilines is 3. The van der Waals surface area contributed by atoms with Gasteiger partial charge >= 0.3 is 0 Å². The highest BCUT2D eigenvalue weighted by Gasteiger charge is 2.32. The summed E-state index contributed by atoms with van der Waals surface area (Å²) in [5.74, 6) is 0.364. The summed E-state index contributed by atoms with van der Waals surface area (Å²) in [5.41, 5.74) is 2.16. The molecule has 9 heteroatoms. The first kappa shape index (κ1) is 23.3. The summed E-state index contributed by atoms with van der Waals surface area (Å²) in [6.07, 6.45) is 7.96. The fourth-order valence-electron chi connectivity index (χ4n) is 5.14. The van der Waals surface area contributed by atoms with E-state index in [-0.39, 0.29) is 17.6 Å². The van der Waals surface area contributed by atoms with E-state index in [9.17, 15) is 9.59 Å². The Bertz CT molecular complexity index is 1210. The number of amides is 2. The molecule has 0 spiro atoms. The van der Waals surface area contributed by atoms with Crippen molar-refractivity contribution in [2.75, 3.05) is 36.1 Å². The van der Waals surface area contributed by atoms with Crippen LogP contribution < -0.4 is 16.0 Å². The predicted molar refractivity (Wildman–Crippen MR) is 136 cm³/mol. The van der Waals surface area contributed by atoms with Crippen LogP contribution in [-0.2, 0) is 4.79 Å². The molecule has 3 aromatic heterocycles. The average Bonchev–Trinajstić information content (AvgIpc) is 3.54. The number of pyridine rings is 2. The Balaban J connectivity index is 1.36. The van der Waals surface area contributed by atoms with Gasteiger partial charge in [-0.25, -0.2) is 9.97 Å². The van der Waals surface area contributed by atoms with E-state index in [0.29, 0.717) is 34.5 Å². The van der Waals surface area contributed by atoms with Gasteiger partial charge in [0.05, 0.1) is 0 Å². The normalized spacial score (nSPS) is 20.6. The molecule has 2 aliphatic rings. The Kier molecular flexibility index (Phi) is 6.68. The van der Waals surface area contributed by atoms with E-state index in [0.717, 1.165) is 31.2 Å². The zero-order valence-electron chi connectivity index (χ0n) is 20.3. The lowest BCUT2D eigenvalue weighted by atomic mass is 9.85. The Labute approximate surface area is 204 Å². The number of carbonyl (C=O) groups excluding carboxylic acids is 2. The number of nitrogens with one attached hydrogen (secondary N) is 3. The van der Waals surface area contributed by atoms with Crippen molar-refractivity contribution in [3.05, 3.63) is 41.8 Å². The van der Waals surface area contributed by atoms with Gasteiger partial charge in [0.15, 0.2) is 5.58 Å². The van der Waals surface area contributed by atoms with E-state index in [4.69, 9.17) is 4.42 Å². The lowest BCUT2D eigenvalue weighted by molar-refractivity contribution is -0.121. The van der Waals surface area contributed by atoms with E-state index in [2.05, 4.69) is 30.8 Å². The molecule has 0 unspecified atom stereocenters. The largest absolute Gasteiger partial charge is 0.447 e. The van der Waals surface area contributed by atoms with Crippen LogP contribution >= 0.6 is 0 Å². The summed E-state index contributed by atoms with van der Waals surface area (Å²) < 4.78 is 5.88. The third kappa shape index (κ3) is 5.00. The van der Waals surface area contributed by atoms with Crippen molar-refractivity contribution in [2.24, 2.45) is 5.92 Å². The third-order valence-corrected chi connectivity index (χ3v) is 7.12. The van der Waals surface area contributed by atoms with E-state index in [1.807, 2.05) is 13.0 Å². The molecule has 9 nitrogen and oxygen atoms in total. The van der Waals surface area contributed by atoms with Crippen LogP contribution in [-0.4, -0.2) is 52.9 Å². The minimum absolute atomic E-state index is 0.0160. The van der Waals surface area contributed by atoms with Crippen molar-refractivity contribution in [2.45, 2.75) is 51.5 Å². The van der Waals surface area contributed by atoms with E-state index in [1.165, 1.54) is 25.9 Å². The molecule has 0 aromatic carbocycles. The van der Waals surface area contributed by atoms with Crippen LogP contribution in [0.3, 0.4) is 0 Å². The molecule has 0 radical (unpaired) electrons.